The molecule has 0 bridgehead atoms. The number of nitrogens with two attached hydrogens (primary N) is 1. The number of benzene rings is 2. The Labute approximate surface area is 181 Å². The van der Waals surface area contributed by atoms with Crippen molar-refractivity contribution in [2.24, 2.45) is 11.7 Å². The van der Waals surface area contributed by atoms with Gasteiger partial charge in [-0.1, -0.05) is 13.8 Å². The lowest BCUT2D eigenvalue weighted by molar-refractivity contribution is -0.137. The van der Waals surface area contributed by atoms with Crippen LogP contribution < -0.4 is 11.1 Å². The Hall–Kier alpha value is -2.80. The van der Waals surface area contributed by atoms with Gasteiger partial charge in [-0.15, -0.1) is 0 Å². The van der Waals surface area contributed by atoms with Crippen LogP contribution in [0.1, 0.15) is 55.0 Å². The van der Waals surface area contributed by atoms with Crippen molar-refractivity contribution >= 4 is 11.9 Å². The highest BCUT2D eigenvalue weighted by molar-refractivity contribution is 5.83. The molecule has 2 rings (SSSR count). The van der Waals surface area contributed by atoms with E-state index in [4.69, 9.17) is 5.73 Å². The fraction of sp³-hybridized carbons (Fsp3) is 0.417. The highest BCUT2D eigenvalue weighted by Crippen LogP contribution is 2.33. The number of aryl methyl sites for hydroxylation is 3. The summed E-state index contributed by atoms with van der Waals surface area (Å²) in [5.41, 5.74) is 9.00. The fourth-order valence-corrected chi connectivity index (χ4v) is 3.87. The highest BCUT2D eigenvalue weighted by Gasteiger charge is 2.26. The molecular formula is C24H30F2N2O3. The second kappa shape index (κ2) is 10.0. The lowest BCUT2D eigenvalue weighted by atomic mass is 9.90. The third-order valence-corrected chi connectivity index (χ3v) is 5.20. The number of carboxylic acids is 1. The molecule has 0 aliphatic carbocycles. The molecule has 0 radical (unpaired) electrons. The molecule has 1 amide bonds. The van der Waals surface area contributed by atoms with Gasteiger partial charge in [0.1, 0.15) is 11.6 Å². The quantitative estimate of drug-likeness (QED) is 0.570. The van der Waals surface area contributed by atoms with Gasteiger partial charge in [0.05, 0.1) is 18.5 Å². The molecule has 31 heavy (non-hydrogen) atoms. The maximum Gasteiger partial charge on any atom is 0.305 e. The highest BCUT2D eigenvalue weighted by atomic mass is 19.1. The summed E-state index contributed by atoms with van der Waals surface area (Å²) in [4.78, 5) is 24.0. The number of carbonyl (C=O) groups is 2. The van der Waals surface area contributed by atoms with E-state index in [0.29, 0.717) is 28.7 Å². The minimum atomic E-state index is -1.18. The Morgan fingerprint density at radius 1 is 1.03 bits per heavy atom. The first-order valence-electron chi connectivity index (χ1n) is 10.3. The zero-order valence-corrected chi connectivity index (χ0v) is 18.6. The van der Waals surface area contributed by atoms with E-state index >= 15 is 4.39 Å². The molecule has 2 unspecified atom stereocenters. The second-order valence-corrected chi connectivity index (χ2v) is 8.51. The van der Waals surface area contributed by atoms with Gasteiger partial charge >= 0.3 is 5.97 Å². The van der Waals surface area contributed by atoms with Crippen LogP contribution in [0.25, 0.3) is 11.1 Å². The van der Waals surface area contributed by atoms with Gasteiger partial charge in [0.15, 0.2) is 0 Å². The van der Waals surface area contributed by atoms with Crippen molar-refractivity contribution in [3.63, 3.8) is 0 Å². The molecule has 5 nitrogen and oxygen atoms in total. The summed E-state index contributed by atoms with van der Waals surface area (Å²) in [6.07, 6.45) is -0.0809. The minimum Gasteiger partial charge on any atom is -0.481 e. The summed E-state index contributed by atoms with van der Waals surface area (Å²) >= 11 is 0. The molecule has 0 spiro atoms. The van der Waals surface area contributed by atoms with Gasteiger partial charge in [-0.2, -0.15) is 0 Å². The van der Waals surface area contributed by atoms with Crippen molar-refractivity contribution in [1.29, 1.82) is 0 Å². The Bertz CT molecular complexity index is 966. The van der Waals surface area contributed by atoms with Gasteiger partial charge in [0.25, 0.3) is 0 Å². The maximum absolute atomic E-state index is 15.1. The predicted molar refractivity (Wildman–Crippen MR) is 117 cm³/mol. The average molecular weight is 433 g/mol. The van der Waals surface area contributed by atoms with Crippen LogP contribution in [0.2, 0.25) is 0 Å². The summed E-state index contributed by atoms with van der Waals surface area (Å²) in [6, 6.07) is 4.02. The second-order valence-electron chi connectivity index (χ2n) is 8.51. The molecule has 0 aliphatic heterocycles. The number of carbonyl (C=O) groups excluding carboxylic acids is 1. The lowest BCUT2D eigenvalue weighted by Gasteiger charge is -2.23. The normalized spacial score (nSPS) is 13.2. The fourth-order valence-electron chi connectivity index (χ4n) is 3.87. The zero-order valence-electron chi connectivity index (χ0n) is 18.6. The van der Waals surface area contributed by atoms with Gasteiger partial charge < -0.3 is 16.2 Å². The third-order valence-electron chi connectivity index (χ3n) is 5.20. The van der Waals surface area contributed by atoms with E-state index in [1.807, 2.05) is 13.8 Å². The van der Waals surface area contributed by atoms with Crippen LogP contribution in [0.3, 0.4) is 0 Å². The van der Waals surface area contributed by atoms with Crippen LogP contribution in [0, 0.1) is 38.3 Å². The molecule has 0 heterocycles. The molecule has 0 fully saturated rings. The van der Waals surface area contributed by atoms with Crippen LogP contribution in [-0.4, -0.2) is 23.0 Å². The van der Waals surface area contributed by atoms with E-state index in [9.17, 15) is 19.1 Å². The Balaban J connectivity index is 2.54. The van der Waals surface area contributed by atoms with E-state index < -0.39 is 36.2 Å². The minimum absolute atomic E-state index is 0.0608. The van der Waals surface area contributed by atoms with Gasteiger partial charge in [0, 0.05) is 5.56 Å². The number of carboxylic acid groups (broad SMARTS) is 1. The molecular weight excluding hydrogens is 402 g/mol. The van der Waals surface area contributed by atoms with Crippen molar-refractivity contribution in [3.05, 3.63) is 58.2 Å². The van der Waals surface area contributed by atoms with E-state index in [-0.39, 0.29) is 17.3 Å². The first-order valence-corrected chi connectivity index (χ1v) is 10.3. The predicted octanol–water partition coefficient (Wildman–Crippen LogP) is 4.56. The molecule has 0 saturated heterocycles. The molecule has 0 aliphatic rings. The summed E-state index contributed by atoms with van der Waals surface area (Å²) < 4.78 is 28.8. The first-order chi connectivity index (χ1) is 14.4. The van der Waals surface area contributed by atoms with Gasteiger partial charge in [0.2, 0.25) is 5.91 Å². The monoisotopic (exact) mass is 432 g/mol. The molecule has 0 saturated carbocycles. The number of aliphatic carboxylic acids is 1. The largest absolute Gasteiger partial charge is 0.481 e. The number of hydrogen-bond acceptors (Lipinski definition) is 3. The van der Waals surface area contributed by atoms with Crippen molar-refractivity contribution in [2.75, 3.05) is 0 Å². The van der Waals surface area contributed by atoms with Gasteiger partial charge in [-0.05, 0) is 85.2 Å². The number of rotatable bonds is 8. The zero-order chi connectivity index (χ0) is 23.5. The SMILES string of the molecule is Cc1cc(-c2c(C)cc(F)cc2C)cc(C(CC(=O)O)NC(=O)C(N)CC(C)C)c1F. The third kappa shape index (κ3) is 6.10. The van der Waals surface area contributed by atoms with Crippen molar-refractivity contribution in [2.45, 2.75) is 59.5 Å². The average Bonchev–Trinajstić information content (AvgIpc) is 2.62. The van der Waals surface area contributed by atoms with Gasteiger partial charge in [-0.25, -0.2) is 8.78 Å². The smallest absolute Gasteiger partial charge is 0.305 e. The Kier molecular flexibility index (Phi) is 7.90. The summed E-state index contributed by atoms with van der Waals surface area (Å²) in [5, 5.41) is 12.0. The van der Waals surface area contributed by atoms with E-state index in [0.717, 1.165) is 5.56 Å². The van der Waals surface area contributed by atoms with Crippen LogP contribution in [-0.2, 0) is 9.59 Å². The number of amides is 1. The molecule has 2 aromatic carbocycles. The summed E-state index contributed by atoms with van der Waals surface area (Å²) in [5.74, 6) is -2.50. The lowest BCUT2D eigenvalue weighted by Crippen LogP contribution is -2.43. The molecule has 7 heteroatoms. The summed E-state index contributed by atoms with van der Waals surface area (Å²) in [7, 11) is 0. The molecule has 2 atom stereocenters. The van der Waals surface area contributed by atoms with Crippen molar-refractivity contribution < 1.29 is 23.5 Å². The topological polar surface area (TPSA) is 92.4 Å². The maximum atomic E-state index is 15.1. The number of halogens is 2. The summed E-state index contributed by atoms with van der Waals surface area (Å²) in [6.45, 7) is 8.92. The van der Waals surface area contributed by atoms with E-state index in [1.165, 1.54) is 18.2 Å². The molecule has 168 valence electrons. The molecule has 2 aromatic rings. The number of nitrogens with one attached hydrogen (secondary N) is 1. The molecule has 0 aromatic heterocycles. The van der Waals surface area contributed by atoms with E-state index in [1.54, 1.807) is 26.8 Å². The molecule has 4 N–H and O–H groups in total. The van der Waals surface area contributed by atoms with Crippen LogP contribution >= 0.6 is 0 Å². The Morgan fingerprint density at radius 3 is 2.13 bits per heavy atom. The van der Waals surface area contributed by atoms with E-state index in [2.05, 4.69) is 5.32 Å². The standard InChI is InChI=1S/C24H30F2N2O3/c1-12(2)6-19(27)24(31)28-20(11-21(29)30)18-10-16(7-15(5)23(18)26)22-13(3)8-17(25)9-14(22)4/h7-10,12,19-20H,6,11,27H2,1-5H3,(H,28,31)(H,29,30). The van der Waals surface area contributed by atoms with Crippen LogP contribution in [0.15, 0.2) is 24.3 Å². The van der Waals surface area contributed by atoms with Crippen molar-refractivity contribution in [1.82, 2.24) is 5.32 Å². The van der Waals surface area contributed by atoms with Crippen molar-refractivity contribution in [3.8, 4) is 11.1 Å². The van der Waals surface area contributed by atoms with Gasteiger partial charge in [-0.3, -0.25) is 9.59 Å². The number of hydrogen-bond donors (Lipinski definition) is 3. The van der Waals surface area contributed by atoms with Crippen LogP contribution in [0.4, 0.5) is 8.78 Å². The van der Waals surface area contributed by atoms with Crippen LogP contribution in [0.5, 0.6) is 0 Å². The first kappa shape index (κ1) is 24.5. The Morgan fingerprint density at radius 2 is 1.61 bits per heavy atom.